The van der Waals surface area contributed by atoms with E-state index in [-0.39, 0.29) is 11.8 Å². The third-order valence-electron chi connectivity index (χ3n) is 4.04. The van der Waals surface area contributed by atoms with Gasteiger partial charge >= 0.3 is 0 Å². The molecule has 0 bridgehead atoms. The van der Waals surface area contributed by atoms with E-state index in [1.165, 1.54) is 5.56 Å². The van der Waals surface area contributed by atoms with Crippen molar-refractivity contribution in [2.45, 2.75) is 52.6 Å². The Labute approximate surface area is 149 Å². The van der Waals surface area contributed by atoms with Gasteiger partial charge in [0, 0.05) is 31.8 Å². The highest BCUT2D eigenvalue weighted by Gasteiger charge is 2.11. The van der Waals surface area contributed by atoms with Crippen LogP contribution in [0.3, 0.4) is 0 Å². The van der Waals surface area contributed by atoms with Gasteiger partial charge in [-0.05, 0) is 24.7 Å². The molecule has 0 saturated heterocycles. The number of carbonyl (C=O) groups is 1. The number of nitrogens with zero attached hydrogens (tertiary/aromatic N) is 3. The Bertz CT molecular complexity index is 682. The molecule has 1 N–H and O–H groups in total. The number of carbonyl (C=O) groups excluding carboxylic acids is 1. The van der Waals surface area contributed by atoms with Gasteiger partial charge in [0.1, 0.15) is 0 Å². The Morgan fingerprint density at radius 2 is 2.08 bits per heavy atom. The van der Waals surface area contributed by atoms with Crippen LogP contribution in [0.15, 0.2) is 28.8 Å². The molecule has 0 spiro atoms. The first-order valence-electron chi connectivity index (χ1n) is 8.83. The lowest BCUT2D eigenvalue weighted by Crippen LogP contribution is -2.23. The van der Waals surface area contributed by atoms with Crippen LogP contribution < -0.4 is 5.32 Å². The summed E-state index contributed by atoms with van der Waals surface area (Å²) in [5.74, 6) is 1.42. The van der Waals surface area contributed by atoms with Crippen LogP contribution in [0, 0.1) is 0 Å². The van der Waals surface area contributed by atoms with E-state index in [1.807, 2.05) is 26.0 Å². The fourth-order valence-corrected chi connectivity index (χ4v) is 2.38. The van der Waals surface area contributed by atoms with E-state index in [9.17, 15) is 4.79 Å². The summed E-state index contributed by atoms with van der Waals surface area (Å²) in [6, 6.07) is 8.31. The molecule has 0 unspecified atom stereocenters. The molecular formula is C19H28N4O2. The van der Waals surface area contributed by atoms with E-state index >= 15 is 0 Å². The quantitative estimate of drug-likeness (QED) is 0.757. The van der Waals surface area contributed by atoms with Crippen molar-refractivity contribution < 1.29 is 9.32 Å². The van der Waals surface area contributed by atoms with Gasteiger partial charge in [-0.3, -0.25) is 4.79 Å². The monoisotopic (exact) mass is 344 g/mol. The third kappa shape index (κ3) is 6.31. The molecule has 0 fully saturated rings. The fraction of sp³-hybridized carbons (Fsp3) is 0.526. The van der Waals surface area contributed by atoms with Crippen molar-refractivity contribution in [1.29, 1.82) is 0 Å². The Morgan fingerprint density at radius 1 is 1.32 bits per heavy atom. The maximum Gasteiger partial charge on any atom is 0.227 e. The van der Waals surface area contributed by atoms with Gasteiger partial charge in [-0.15, -0.1) is 0 Å². The molecule has 1 aromatic carbocycles. The Hall–Kier alpha value is -2.21. The number of aryl methyl sites for hydroxylation is 1. The molecule has 6 nitrogen and oxygen atoms in total. The van der Waals surface area contributed by atoms with Gasteiger partial charge in [0.05, 0.1) is 0 Å². The van der Waals surface area contributed by atoms with Crippen molar-refractivity contribution >= 4 is 5.91 Å². The zero-order valence-corrected chi connectivity index (χ0v) is 15.6. The third-order valence-corrected chi connectivity index (χ3v) is 4.04. The minimum atomic E-state index is -0.0135. The van der Waals surface area contributed by atoms with Crippen LogP contribution in [0.25, 0.3) is 0 Å². The highest BCUT2D eigenvalue weighted by atomic mass is 16.5. The number of nitrogens with one attached hydrogen (secondary N) is 1. The number of hydrogen-bond donors (Lipinski definition) is 1. The van der Waals surface area contributed by atoms with Gasteiger partial charge in [-0.2, -0.15) is 4.98 Å². The minimum absolute atomic E-state index is 0.0135. The predicted molar refractivity (Wildman–Crippen MR) is 97.0 cm³/mol. The van der Waals surface area contributed by atoms with Gasteiger partial charge in [-0.25, -0.2) is 0 Å². The van der Waals surface area contributed by atoms with Gasteiger partial charge in [0.15, 0.2) is 5.82 Å². The summed E-state index contributed by atoms with van der Waals surface area (Å²) in [5.41, 5.74) is 2.36. The molecule has 1 amide bonds. The molecule has 0 saturated carbocycles. The highest BCUT2D eigenvalue weighted by Crippen LogP contribution is 2.11. The van der Waals surface area contributed by atoms with Crippen LogP contribution in [-0.4, -0.2) is 34.5 Å². The fourth-order valence-electron chi connectivity index (χ4n) is 2.38. The lowest BCUT2D eigenvalue weighted by atomic mass is 10.1. The summed E-state index contributed by atoms with van der Waals surface area (Å²) in [5, 5.41) is 6.86. The molecule has 0 aliphatic carbocycles. The number of benzene rings is 1. The molecule has 1 heterocycles. The van der Waals surface area contributed by atoms with Crippen molar-refractivity contribution in [2.24, 2.45) is 0 Å². The maximum absolute atomic E-state index is 12.0. The molecule has 0 radical (unpaired) electrons. The lowest BCUT2D eigenvalue weighted by molar-refractivity contribution is -0.121. The van der Waals surface area contributed by atoms with E-state index < -0.39 is 0 Å². The predicted octanol–water partition coefficient (Wildman–Crippen LogP) is 2.89. The van der Waals surface area contributed by atoms with E-state index in [0.29, 0.717) is 31.1 Å². The summed E-state index contributed by atoms with van der Waals surface area (Å²) in [6.45, 7) is 8.60. The van der Waals surface area contributed by atoms with Crippen LogP contribution in [0.4, 0.5) is 0 Å². The number of amides is 1. The Morgan fingerprint density at radius 3 is 2.76 bits per heavy atom. The van der Waals surface area contributed by atoms with Crippen molar-refractivity contribution in [3.05, 3.63) is 47.1 Å². The van der Waals surface area contributed by atoms with E-state index in [4.69, 9.17) is 4.52 Å². The second-order valence-corrected chi connectivity index (χ2v) is 6.63. The van der Waals surface area contributed by atoms with Gasteiger partial charge < -0.3 is 14.7 Å². The SMILES string of the molecule is CCN(C)Cc1cccc(CNC(=O)CCc2nc(C(C)C)no2)c1. The summed E-state index contributed by atoms with van der Waals surface area (Å²) < 4.78 is 5.16. The second-order valence-electron chi connectivity index (χ2n) is 6.63. The van der Waals surface area contributed by atoms with E-state index in [0.717, 1.165) is 18.7 Å². The average Bonchev–Trinajstić information content (AvgIpc) is 3.07. The molecule has 2 aromatic rings. The summed E-state index contributed by atoms with van der Waals surface area (Å²) in [7, 11) is 2.09. The largest absolute Gasteiger partial charge is 0.352 e. The standard InChI is InChI=1S/C19H28N4O2/c1-5-23(4)13-16-8-6-7-15(11-16)12-20-17(24)9-10-18-21-19(14(2)3)22-25-18/h6-8,11,14H,5,9-10,12-13H2,1-4H3,(H,20,24). The number of aromatic nitrogens is 2. The van der Waals surface area contributed by atoms with Crippen LogP contribution in [0.2, 0.25) is 0 Å². The first kappa shape index (κ1) is 19.1. The second kappa shape index (κ2) is 9.32. The zero-order chi connectivity index (χ0) is 18.2. The van der Waals surface area contributed by atoms with Gasteiger partial charge in [-0.1, -0.05) is 50.2 Å². The molecule has 2 rings (SSSR count). The highest BCUT2D eigenvalue weighted by molar-refractivity contribution is 5.76. The molecule has 136 valence electrons. The number of rotatable bonds is 9. The smallest absolute Gasteiger partial charge is 0.227 e. The van der Waals surface area contributed by atoms with Crippen LogP contribution >= 0.6 is 0 Å². The lowest BCUT2D eigenvalue weighted by Gasteiger charge is -2.14. The van der Waals surface area contributed by atoms with Crippen molar-refractivity contribution in [1.82, 2.24) is 20.4 Å². The molecule has 6 heteroatoms. The van der Waals surface area contributed by atoms with Crippen LogP contribution in [0.1, 0.15) is 56.0 Å². The summed E-state index contributed by atoms with van der Waals surface area (Å²) in [6.07, 6.45) is 0.810. The van der Waals surface area contributed by atoms with E-state index in [1.54, 1.807) is 0 Å². The molecule has 25 heavy (non-hydrogen) atoms. The zero-order valence-electron chi connectivity index (χ0n) is 15.6. The molecule has 1 aromatic heterocycles. The molecule has 0 aliphatic heterocycles. The number of hydrogen-bond acceptors (Lipinski definition) is 5. The summed E-state index contributed by atoms with van der Waals surface area (Å²) in [4.78, 5) is 18.6. The van der Waals surface area contributed by atoms with Crippen molar-refractivity contribution in [3.63, 3.8) is 0 Å². The molecule has 0 aliphatic rings. The first-order valence-corrected chi connectivity index (χ1v) is 8.83. The first-order chi connectivity index (χ1) is 12.0. The van der Waals surface area contributed by atoms with Crippen molar-refractivity contribution in [2.75, 3.05) is 13.6 Å². The average molecular weight is 344 g/mol. The summed E-state index contributed by atoms with van der Waals surface area (Å²) >= 11 is 0. The normalized spacial score (nSPS) is 11.3. The Balaban J connectivity index is 1.78. The minimum Gasteiger partial charge on any atom is -0.352 e. The van der Waals surface area contributed by atoms with Gasteiger partial charge in [0.25, 0.3) is 0 Å². The van der Waals surface area contributed by atoms with Crippen molar-refractivity contribution in [3.8, 4) is 0 Å². The van der Waals surface area contributed by atoms with Crippen LogP contribution in [-0.2, 0) is 24.3 Å². The van der Waals surface area contributed by atoms with Crippen LogP contribution in [0.5, 0.6) is 0 Å². The van der Waals surface area contributed by atoms with Gasteiger partial charge in [0.2, 0.25) is 11.8 Å². The maximum atomic E-state index is 12.0. The topological polar surface area (TPSA) is 71.3 Å². The molecule has 0 atom stereocenters. The molecular weight excluding hydrogens is 316 g/mol. The Kier molecular flexibility index (Phi) is 7.13. The van der Waals surface area contributed by atoms with E-state index in [2.05, 4.69) is 46.5 Å².